The van der Waals surface area contributed by atoms with Gasteiger partial charge >= 0.3 is 18.3 Å². The van der Waals surface area contributed by atoms with Gasteiger partial charge in [-0.15, -0.1) is 4.72 Å². The summed E-state index contributed by atoms with van der Waals surface area (Å²) >= 11 is -2.21. The molecule has 0 radical (unpaired) electrons. The van der Waals surface area contributed by atoms with Crippen LogP contribution in [0.3, 0.4) is 0 Å². The minimum absolute atomic E-state index is 0.0528. The molecule has 0 aliphatic heterocycles. The van der Waals surface area contributed by atoms with Crippen LogP contribution in [0.5, 0.6) is 5.75 Å². The number of methoxy groups -OCH3 is 1. The van der Waals surface area contributed by atoms with Gasteiger partial charge in [0.05, 0.1) is 20.1 Å². The molecule has 0 aliphatic carbocycles. The number of carbonyl (C=O) groups excluding carboxylic acids is 1. The highest BCUT2D eigenvalue weighted by molar-refractivity contribution is 7.90. The first kappa shape index (κ1) is 27.4. The summed E-state index contributed by atoms with van der Waals surface area (Å²) < 4.78 is 102. The fourth-order valence-corrected chi connectivity index (χ4v) is 3.35. The molecule has 0 bridgehead atoms. The van der Waals surface area contributed by atoms with Crippen molar-refractivity contribution in [1.29, 1.82) is 0 Å². The second-order valence-electron chi connectivity index (χ2n) is 7.73. The van der Waals surface area contributed by atoms with Gasteiger partial charge in [-0.05, 0) is 44.9 Å². The lowest BCUT2D eigenvalue weighted by atomic mass is 9.87. The first-order chi connectivity index (χ1) is 14.0. The van der Waals surface area contributed by atoms with Gasteiger partial charge in [0, 0.05) is 17.8 Å². The lowest BCUT2D eigenvalue weighted by Crippen LogP contribution is -2.60. The highest BCUT2D eigenvalue weighted by Gasteiger charge is 2.61. The van der Waals surface area contributed by atoms with Crippen LogP contribution in [0, 0.1) is 0 Å². The number of halogens is 6. The SMILES string of the molecule is COC(=O)C[C@@](N[S+]([O-])C(C)(C)C)(c1ccc(OCCCC(F)(F)F)cc1)C(F)(F)F. The summed E-state index contributed by atoms with van der Waals surface area (Å²) in [4.78, 5) is 11.8. The Morgan fingerprint density at radius 2 is 1.61 bits per heavy atom. The molecule has 2 atom stereocenters. The van der Waals surface area contributed by atoms with E-state index in [4.69, 9.17) is 4.74 Å². The number of alkyl halides is 6. The summed E-state index contributed by atoms with van der Waals surface area (Å²) in [5.41, 5.74) is -3.45. The van der Waals surface area contributed by atoms with Crippen molar-refractivity contribution < 1.29 is 45.2 Å². The number of carbonyl (C=O) groups is 1. The van der Waals surface area contributed by atoms with E-state index >= 15 is 0 Å². The largest absolute Gasteiger partial charge is 0.598 e. The van der Waals surface area contributed by atoms with Gasteiger partial charge in [0.2, 0.25) is 0 Å². The molecular formula is C19H25F6NO4S. The lowest BCUT2D eigenvalue weighted by Gasteiger charge is -2.38. The van der Waals surface area contributed by atoms with Crippen LogP contribution < -0.4 is 9.46 Å². The van der Waals surface area contributed by atoms with Crippen LogP contribution in [-0.4, -0.2) is 41.3 Å². The van der Waals surface area contributed by atoms with Gasteiger partial charge in [0.15, 0.2) is 5.54 Å². The number of benzene rings is 1. The zero-order valence-corrected chi connectivity index (χ0v) is 18.3. The van der Waals surface area contributed by atoms with E-state index in [-0.39, 0.29) is 18.8 Å². The zero-order chi connectivity index (χ0) is 24.1. The normalized spacial score (nSPS) is 15.8. The second kappa shape index (κ2) is 10.3. The lowest BCUT2D eigenvalue weighted by molar-refractivity contribution is -0.202. The Labute approximate surface area is 179 Å². The molecule has 1 unspecified atom stereocenters. The quantitative estimate of drug-likeness (QED) is 0.240. The summed E-state index contributed by atoms with van der Waals surface area (Å²) in [6, 6.07) is 4.32. The Hall–Kier alpha value is -1.66. The first-order valence-electron chi connectivity index (χ1n) is 9.15. The van der Waals surface area contributed by atoms with E-state index in [1.165, 1.54) is 20.8 Å². The average molecular weight is 477 g/mol. The van der Waals surface area contributed by atoms with Crippen LogP contribution in [0.1, 0.15) is 45.6 Å². The Bertz CT molecular complexity index is 718. The third-order valence-corrected chi connectivity index (χ3v) is 5.81. The molecule has 5 nitrogen and oxygen atoms in total. The fourth-order valence-electron chi connectivity index (χ4n) is 2.42. The number of rotatable bonds is 9. The van der Waals surface area contributed by atoms with Crippen LogP contribution in [-0.2, 0) is 26.4 Å². The molecule has 0 saturated heterocycles. The Morgan fingerprint density at radius 1 is 1.06 bits per heavy atom. The Kier molecular flexibility index (Phi) is 9.10. The van der Waals surface area contributed by atoms with Crippen LogP contribution in [0.15, 0.2) is 24.3 Å². The van der Waals surface area contributed by atoms with Crippen LogP contribution in [0.4, 0.5) is 26.3 Å². The maximum Gasteiger partial charge on any atom is 0.415 e. The molecule has 0 fully saturated rings. The van der Waals surface area contributed by atoms with E-state index in [1.54, 1.807) is 0 Å². The van der Waals surface area contributed by atoms with Gasteiger partial charge in [0.1, 0.15) is 10.5 Å². The minimum atomic E-state index is -5.04. The number of hydrogen-bond donors (Lipinski definition) is 1. The van der Waals surface area contributed by atoms with Gasteiger partial charge in [-0.25, -0.2) is 0 Å². The first-order valence-corrected chi connectivity index (χ1v) is 10.3. The van der Waals surface area contributed by atoms with E-state index in [0.717, 1.165) is 31.4 Å². The monoisotopic (exact) mass is 477 g/mol. The van der Waals surface area contributed by atoms with Crippen molar-refractivity contribution >= 4 is 17.3 Å². The smallest absolute Gasteiger partial charge is 0.415 e. The maximum atomic E-state index is 14.2. The Balaban J connectivity index is 3.21. The van der Waals surface area contributed by atoms with Crippen molar-refractivity contribution in [3.8, 4) is 5.75 Å². The van der Waals surface area contributed by atoms with Gasteiger partial charge < -0.3 is 14.0 Å². The van der Waals surface area contributed by atoms with E-state index in [0.29, 0.717) is 0 Å². The van der Waals surface area contributed by atoms with Crippen molar-refractivity contribution in [3.63, 3.8) is 0 Å². The molecule has 0 saturated carbocycles. The van der Waals surface area contributed by atoms with E-state index in [9.17, 15) is 35.7 Å². The van der Waals surface area contributed by atoms with E-state index in [1.807, 2.05) is 0 Å². The highest BCUT2D eigenvalue weighted by atomic mass is 32.2. The van der Waals surface area contributed by atoms with Crippen molar-refractivity contribution in [2.75, 3.05) is 13.7 Å². The number of ether oxygens (including phenoxy) is 2. The van der Waals surface area contributed by atoms with Crippen molar-refractivity contribution in [2.45, 2.75) is 62.7 Å². The summed E-state index contributed by atoms with van der Waals surface area (Å²) in [7, 11) is 0.933. The molecular weight excluding hydrogens is 452 g/mol. The molecule has 178 valence electrons. The topological polar surface area (TPSA) is 70.6 Å². The number of esters is 1. The molecule has 0 aromatic heterocycles. The third-order valence-electron chi connectivity index (χ3n) is 4.16. The summed E-state index contributed by atoms with van der Waals surface area (Å²) in [5, 5.41) is 0. The summed E-state index contributed by atoms with van der Waals surface area (Å²) in [6.07, 6.45) is -11.9. The molecule has 31 heavy (non-hydrogen) atoms. The molecule has 1 N–H and O–H groups in total. The molecule has 0 spiro atoms. The van der Waals surface area contributed by atoms with E-state index < -0.39 is 58.4 Å². The molecule has 12 heteroatoms. The molecule has 1 aromatic carbocycles. The molecule has 1 rings (SSSR count). The van der Waals surface area contributed by atoms with Crippen molar-refractivity contribution in [3.05, 3.63) is 29.8 Å². The number of hydrogen-bond acceptors (Lipinski definition) is 5. The summed E-state index contributed by atoms with van der Waals surface area (Å²) in [6.45, 7) is 4.12. The molecule has 0 aliphatic rings. The fraction of sp³-hybridized carbons (Fsp3) is 0.632. The minimum Gasteiger partial charge on any atom is -0.598 e. The predicted octanol–water partition coefficient (Wildman–Crippen LogP) is 4.78. The second-order valence-corrected chi connectivity index (χ2v) is 9.70. The molecule has 0 amide bonds. The molecule has 1 aromatic rings. The zero-order valence-electron chi connectivity index (χ0n) is 17.4. The van der Waals surface area contributed by atoms with Crippen molar-refractivity contribution in [2.24, 2.45) is 0 Å². The van der Waals surface area contributed by atoms with E-state index in [2.05, 4.69) is 9.46 Å². The van der Waals surface area contributed by atoms with Crippen LogP contribution in [0.2, 0.25) is 0 Å². The third kappa shape index (κ3) is 8.08. The van der Waals surface area contributed by atoms with Gasteiger partial charge in [-0.1, -0.05) is 12.1 Å². The Morgan fingerprint density at radius 3 is 2.03 bits per heavy atom. The van der Waals surface area contributed by atoms with Crippen LogP contribution >= 0.6 is 0 Å². The van der Waals surface area contributed by atoms with Gasteiger partial charge in [-0.3, -0.25) is 4.79 Å². The predicted molar refractivity (Wildman–Crippen MR) is 103 cm³/mol. The standard InChI is InChI=1S/C19H25F6NO4S/c1-16(2,3)31(28)26-17(19(23,24)25,12-15(27)29-4)13-6-8-14(9-7-13)30-11-5-10-18(20,21)22/h6-9,26H,5,10-12H2,1-4H3/t17-,31?/m1/s1. The maximum absolute atomic E-state index is 14.2. The average Bonchev–Trinajstić information content (AvgIpc) is 2.62. The molecule has 0 heterocycles. The number of nitrogens with one attached hydrogen (secondary N) is 1. The van der Waals surface area contributed by atoms with Crippen LogP contribution in [0.25, 0.3) is 0 Å². The van der Waals surface area contributed by atoms with Gasteiger partial charge in [0.25, 0.3) is 0 Å². The van der Waals surface area contributed by atoms with Crippen molar-refractivity contribution in [1.82, 2.24) is 4.72 Å². The van der Waals surface area contributed by atoms with Gasteiger partial charge in [-0.2, -0.15) is 26.3 Å². The highest BCUT2D eigenvalue weighted by Crippen LogP contribution is 2.44. The summed E-state index contributed by atoms with van der Waals surface area (Å²) in [5.74, 6) is -1.12.